The van der Waals surface area contributed by atoms with Gasteiger partial charge < -0.3 is 10.1 Å². The summed E-state index contributed by atoms with van der Waals surface area (Å²) in [5, 5.41) is 7.98. The maximum Gasteiger partial charge on any atom is 0.0693 e. The van der Waals surface area contributed by atoms with Gasteiger partial charge in [0.1, 0.15) is 0 Å². The van der Waals surface area contributed by atoms with Gasteiger partial charge in [-0.1, -0.05) is 17.7 Å². The molecule has 0 saturated heterocycles. The number of rotatable bonds is 6. The third-order valence-corrected chi connectivity index (χ3v) is 3.27. The van der Waals surface area contributed by atoms with Crippen molar-refractivity contribution >= 4 is 0 Å². The molecule has 0 bridgehead atoms. The van der Waals surface area contributed by atoms with Crippen molar-refractivity contribution in [3.8, 4) is 5.69 Å². The molecular formula is C16H23N3O. The van der Waals surface area contributed by atoms with Crippen molar-refractivity contribution < 1.29 is 4.74 Å². The third kappa shape index (κ3) is 3.46. The Morgan fingerprint density at radius 3 is 2.65 bits per heavy atom. The number of nitrogens with zero attached hydrogens (tertiary/aromatic N) is 2. The van der Waals surface area contributed by atoms with Crippen LogP contribution < -0.4 is 5.32 Å². The van der Waals surface area contributed by atoms with Crippen LogP contribution in [0.5, 0.6) is 0 Å². The second-order valence-electron chi connectivity index (χ2n) is 5.14. The number of nitrogens with one attached hydrogen (secondary N) is 1. The second-order valence-corrected chi connectivity index (χ2v) is 5.14. The van der Waals surface area contributed by atoms with Crippen LogP contribution in [0, 0.1) is 20.8 Å². The molecular weight excluding hydrogens is 250 g/mol. The summed E-state index contributed by atoms with van der Waals surface area (Å²) in [5.74, 6) is 0. The fourth-order valence-corrected chi connectivity index (χ4v) is 2.33. The van der Waals surface area contributed by atoms with Crippen molar-refractivity contribution in [3.63, 3.8) is 0 Å². The zero-order valence-electron chi connectivity index (χ0n) is 12.7. The summed E-state index contributed by atoms with van der Waals surface area (Å²) < 4.78 is 7.08. The number of hydrogen-bond acceptors (Lipinski definition) is 3. The summed E-state index contributed by atoms with van der Waals surface area (Å²) in [6, 6.07) is 8.58. The lowest BCUT2D eigenvalue weighted by atomic mass is 10.1. The maximum absolute atomic E-state index is 5.06. The van der Waals surface area contributed by atoms with Gasteiger partial charge in [-0.15, -0.1) is 0 Å². The first-order valence-corrected chi connectivity index (χ1v) is 6.94. The molecule has 0 spiro atoms. The van der Waals surface area contributed by atoms with Gasteiger partial charge in [-0.05, 0) is 38.5 Å². The van der Waals surface area contributed by atoms with E-state index >= 15 is 0 Å². The van der Waals surface area contributed by atoms with Gasteiger partial charge in [0.25, 0.3) is 0 Å². The van der Waals surface area contributed by atoms with Crippen molar-refractivity contribution in [2.45, 2.75) is 27.3 Å². The molecule has 2 rings (SSSR count). The lowest BCUT2D eigenvalue weighted by Gasteiger charge is -2.13. The molecule has 1 N–H and O–H groups in total. The standard InChI is InChI=1S/C16H23N3O/c1-12-5-6-16(19-14(3)10-13(2)18-19)15(9-12)11-17-7-8-20-4/h5-6,9-10,17H,7-8,11H2,1-4H3. The average Bonchev–Trinajstić information content (AvgIpc) is 2.74. The van der Waals surface area contributed by atoms with Crippen LogP contribution in [0.3, 0.4) is 0 Å². The Morgan fingerprint density at radius 1 is 1.20 bits per heavy atom. The van der Waals surface area contributed by atoms with Crippen molar-refractivity contribution in [2.75, 3.05) is 20.3 Å². The van der Waals surface area contributed by atoms with E-state index in [-0.39, 0.29) is 0 Å². The minimum Gasteiger partial charge on any atom is -0.383 e. The minimum absolute atomic E-state index is 0.723. The highest BCUT2D eigenvalue weighted by molar-refractivity contribution is 5.44. The molecule has 1 aromatic heterocycles. The van der Waals surface area contributed by atoms with Crippen molar-refractivity contribution in [1.29, 1.82) is 0 Å². The first-order valence-electron chi connectivity index (χ1n) is 6.94. The minimum atomic E-state index is 0.723. The van der Waals surface area contributed by atoms with Gasteiger partial charge in [0.05, 0.1) is 18.0 Å². The van der Waals surface area contributed by atoms with Crippen molar-refractivity contribution in [3.05, 3.63) is 46.8 Å². The molecule has 0 fully saturated rings. The fourth-order valence-electron chi connectivity index (χ4n) is 2.33. The molecule has 0 unspecified atom stereocenters. The quantitative estimate of drug-likeness (QED) is 0.822. The summed E-state index contributed by atoms with van der Waals surface area (Å²) in [5.41, 5.74) is 5.86. The van der Waals surface area contributed by atoms with E-state index in [0.717, 1.165) is 36.8 Å². The molecule has 0 aliphatic carbocycles. The normalized spacial score (nSPS) is 11.0. The third-order valence-electron chi connectivity index (χ3n) is 3.27. The van der Waals surface area contributed by atoms with Crippen LogP contribution >= 0.6 is 0 Å². The van der Waals surface area contributed by atoms with E-state index in [1.807, 2.05) is 11.6 Å². The first-order chi connectivity index (χ1) is 9.61. The van der Waals surface area contributed by atoms with Gasteiger partial charge in [0.2, 0.25) is 0 Å². The summed E-state index contributed by atoms with van der Waals surface area (Å²) in [7, 11) is 1.72. The van der Waals surface area contributed by atoms with Crippen molar-refractivity contribution in [2.24, 2.45) is 0 Å². The second kappa shape index (κ2) is 6.68. The lowest BCUT2D eigenvalue weighted by molar-refractivity contribution is 0.199. The number of methoxy groups -OCH3 is 1. The SMILES string of the molecule is COCCNCc1cc(C)ccc1-n1nc(C)cc1C. The molecule has 0 atom stereocenters. The Kier molecular flexibility index (Phi) is 4.93. The van der Waals surface area contributed by atoms with Crippen LogP contribution in [-0.2, 0) is 11.3 Å². The highest BCUT2D eigenvalue weighted by Crippen LogP contribution is 2.18. The van der Waals surface area contributed by atoms with Gasteiger partial charge in [0.15, 0.2) is 0 Å². The zero-order valence-corrected chi connectivity index (χ0v) is 12.7. The van der Waals surface area contributed by atoms with Crippen LogP contribution in [0.15, 0.2) is 24.3 Å². The van der Waals surface area contributed by atoms with Gasteiger partial charge >= 0.3 is 0 Å². The van der Waals surface area contributed by atoms with E-state index in [2.05, 4.69) is 48.5 Å². The number of hydrogen-bond donors (Lipinski definition) is 1. The number of aromatic nitrogens is 2. The van der Waals surface area contributed by atoms with E-state index < -0.39 is 0 Å². The molecule has 0 saturated carbocycles. The topological polar surface area (TPSA) is 39.1 Å². The average molecular weight is 273 g/mol. The maximum atomic E-state index is 5.06. The fraction of sp³-hybridized carbons (Fsp3) is 0.438. The van der Waals surface area contributed by atoms with Crippen LogP contribution in [0.1, 0.15) is 22.5 Å². The van der Waals surface area contributed by atoms with Crippen LogP contribution in [-0.4, -0.2) is 30.0 Å². The summed E-state index contributed by atoms with van der Waals surface area (Å²) in [6.45, 7) is 8.61. The monoisotopic (exact) mass is 273 g/mol. The van der Waals surface area contributed by atoms with Gasteiger partial charge in [-0.2, -0.15) is 5.10 Å². The molecule has 2 aromatic rings. The smallest absolute Gasteiger partial charge is 0.0693 e. The highest BCUT2D eigenvalue weighted by atomic mass is 16.5. The predicted octanol–water partition coefficient (Wildman–Crippen LogP) is 2.53. The zero-order chi connectivity index (χ0) is 14.5. The van der Waals surface area contributed by atoms with Crippen LogP contribution in [0.25, 0.3) is 5.69 Å². The highest BCUT2D eigenvalue weighted by Gasteiger charge is 2.09. The Morgan fingerprint density at radius 2 is 2.00 bits per heavy atom. The van der Waals surface area contributed by atoms with Gasteiger partial charge in [-0.25, -0.2) is 4.68 Å². The predicted molar refractivity (Wildman–Crippen MR) is 81.4 cm³/mol. The molecule has 1 aromatic carbocycles. The molecule has 108 valence electrons. The van der Waals surface area contributed by atoms with Crippen LogP contribution in [0.4, 0.5) is 0 Å². The molecule has 0 aliphatic heterocycles. The van der Waals surface area contributed by atoms with E-state index in [1.54, 1.807) is 7.11 Å². The Hall–Kier alpha value is -1.65. The van der Waals surface area contributed by atoms with E-state index in [9.17, 15) is 0 Å². The molecule has 1 heterocycles. The summed E-state index contributed by atoms with van der Waals surface area (Å²) >= 11 is 0. The summed E-state index contributed by atoms with van der Waals surface area (Å²) in [6.07, 6.45) is 0. The Bertz CT molecular complexity index is 575. The van der Waals surface area contributed by atoms with Gasteiger partial charge in [0, 0.05) is 25.9 Å². The van der Waals surface area contributed by atoms with E-state index in [1.165, 1.54) is 11.1 Å². The molecule has 0 radical (unpaired) electrons. The molecule has 4 heteroatoms. The van der Waals surface area contributed by atoms with Crippen molar-refractivity contribution in [1.82, 2.24) is 15.1 Å². The Balaban J connectivity index is 2.26. The Labute approximate surface area is 120 Å². The van der Waals surface area contributed by atoms with E-state index in [0.29, 0.717) is 0 Å². The molecule has 4 nitrogen and oxygen atoms in total. The largest absolute Gasteiger partial charge is 0.383 e. The lowest BCUT2D eigenvalue weighted by Crippen LogP contribution is -2.20. The molecule has 20 heavy (non-hydrogen) atoms. The number of aryl methyl sites for hydroxylation is 3. The summed E-state index contributed by atoms with van der Waals surface area (Å²) in [4.78, 5) is 0. The number of benzene rings is 1. The number of ether oxygens (including phenoxy) is 1. The molecule has 0 amide bonds. The van der Waals surface area contributed by atoms with E-state index in [4.69, 9.17) is 4.74 Å². The van der Waals surface area contributed by atoms with Crippen LogP contribution in [0.2, 0.25) is 0 Å². The van der Waals surface area contributed by atoms with Gasteiger partial charge in [-0.3, -0.25) is 0 Å². The first kappa shape index (κ1) is 14.8. The molecule has 0 aliphatic rings.